The van der Waals surface area contributed by atoms with Crippen LogP contribution < -0.4 is 11.5 Å². The Labute approximate surface area is 147 Å². The molecule has 3 aromatic rings. The molecule has 0 amide bonds. The average molecular weight is 354 g/mol. The van der Waals surface area contributed by atoms with E-state index in [9.17, 15) is 4.39 Å². The highest BCUT2D eigenvalue weighted by Gasteiger charge is 2.09. The first-order valence-corrected chi connectivity index (χ1v) is 8.25. The molecule has 0 bridgehead atoms. The number of nitrogens with two attached hydrogens (primary N) is 2. The third kappa shape index (κ3) is 4.24. The Morgan fingerprint density at radius 1 is 1.16 bits per heavy atom. The normalized spacial score (nSPS) is 12.4. The molecule has 0 saturated heterocycles. The molecule has 2 aromatic heterocycles. The molecule has 0 spiro atoms. The van der Waals surface area contributed by atoms with E-state index in [2.05, 4.69) is 20.0 Å². The zero-order valence-corrected chi connectivity index (χ0v) is 13.9. The number of thiazole rings is 1. The van der Waals surface area contributed by atoms with E-state index < -0.39 is 0 Å². The maximum Gasteiger partial charge on any atom is 0.186 e. The van der Waals surface area contributed by atoms with E-state index in [1.54, 1.807) is 48.1 Å². The summed E-state index contributed by atoms with van der Waals surface area (Å²) in [4.78, 5) is 17.1. The highest BCUT2D eigenvalue weighted by Crippen LogP contribution is 2.12. The quantitative estimate of drug-likeness (QED) is 0.555. The highest BCUT2D eigenvalue weighted by atomic mass is 32.1. The van der Waals surface area contributed by atoms with Gasteiger partial charge in [0.15, 0.2) is 16.7 Å². The summed E-state index contributed by atoms with van der Waals surface area (Å²) in [5, 5.41) is 2.39. The van der Waals surface area contributed by atoms with Gasteiger partial charge >= 0.3 is 0 Å². The van der Waals surface area contributed by atoms with Gasteiger partial charge in [-0.25, -0.2) is 14.4 Å². The van der Waals surface area contributed by atoms with Crippen molar-refractivity contribution < 1.29 is 4.39 Å². The molecule has 0 fully saturated rings. The number of amidine groups is 2. The number of hydrogen-bond donors (Lipinski definition) is 2. The fraction of sp³-hybridized carbons (Fsp3) is 0.0588. The van der Waals surface area contributed by atoms with Gasteiger partial charge in [0.1, 0.15) is 11.5 Å². The van der Waals surface area contributed by atoms with Crippen LogP contribution in [0.5, 0.6) is 0 Å². The number of pyridine rings is 1. The number of hydrogen-bond acceptors (Lipinski definition) is 5. The summed E-state index contributed by atoms with van der Waals surface area (Å²) in [5.41, 5.74) is 13.2. The van der Waals surface area contributed by atoms with Gasteiger partial charge in [-0.1, -0.05) is 18.2 Å². The molecular formula is C17H15FN6S. The zero-order valence-electron chi connectivity index (χ0n) is 13.1. The molecule has 2 heterocycles. The molecule has 0 saturated carbocycles. The van der Waals surface area contributed by atoms with Crippen molar-refractivity contribution in [3.63, 3.8) is 0 Å². The Morgan fingerprint density at radius 3 is 2.72 bits per heavy atom. The van der Waals surface area contributed by atoms with Crippen molar-refractivity contribution >= 4 is 28.7 Å². The van der Waals surface area contributed by atoms with Crippen LogP contribution in [0.2, 0.25) is 0 Å². The Morgan fingerprint density at radius 2 is 2.00 bits per heavy atom. The minimum Gasteiger partial charge on any atom is -0.399 e. The number of nitrogens with zero attached hydrogens (tertiary/aromatic N) is 4. The van der Waals surface area contributed by atoms with Crippen molar-refractivity contribution in [1.29, 1.82) is 0 Å². The molecule has 6 nitrogen and oxygen atoms in total. The Hall–Kier alpha value is -3.13. The molecule has 3 rings (SSSR count). The smallest absolute Gasteiger partial charge is 0.186 e. The number of anilines is 1. The summed E-state index contributed by atoms with van der Waals surface area (Å²) in [5.74, 6) is 0.161. The van der Waals surface area contributed by atoms with Crippen molar-refractivity contribution in [2.75, 3.05) is 5.73 Å². The second-order valence-corrected chi connectivity index (χ2v) is 5.93. The van der Waals surface area contributed by atoms with Crippen molar-refractivity contribution in [3.8, 4) is 0 Å². The number of nitrogen functional groups attached to an aromatic ring is 1. The van der Waals surface area contributed by atoms with Gasteiger partial charge in [0.25, 0.3) is 0 Å². The maximum atomic E-state index is 13.8. The van der Waals surface area contributed by atoms with E-state index in [0.29, 0.717) is 27.8 Å². The van der Waals surface area contributed by atoms with Gasteiger partial charge in [-0.15, -0.1) is 11.3 Å². The van der Waals surface area contributed by atoms with Crippen LogP contribution in [0.3, 0.4) is 0 Å². The standard InChI is InChI=1S/C17H15FN6S/c18-13-4-2-1-3-11(13)10-23-16(17-22-7-8-25-17)24-15(20)14-9-12(19)5-6-21-14/h1-9H,10H2,(H2,19,21)(H2,20,23,24). The monoisotopic (exact) mass is 354 g/mol. The molecule has 0 aliphatic carbocycles. The first-order chi connectivity index (χ1) is 12.1. The molecule has 1 aromatic carbocycles. The largest absolute Gasteiger partial charge is 0.399 e. The van der Waals surface area contributed by atoms with Gasteiger partial charge < -0.3 is 11.5 Å². The van der Waals surface area contributed by atoms with Gasteiger partial charge in [-0.2, -0.15) is 0 Å². The van der Waals surface area contributed by atoms with Crippen LogP contribution in [0.1, 0.15) is 16.3 Å². The third-order valence-corrected chi connectivity index (χ3v) is 4.02. The van der Waals surface area contributed by atoms with Crippen LogP contribution in [-0.4, -0.2) is 21.6 Å². The molecule has 0 atom stereocenters. The number of aromatic nitrogens is 2. The van der Waals surface area contributed by atoms with Gasteiger partial charge in [-0.05, 0) is 18.2 Å². The van der Waals surface area contributed by atoms with Gasteiger partial charge in [0, 0.05) is 29.0 Å². The molecule has 0 unspecified atom stereocenters. The lowest BCUT2D eigenvalue weighted by Gasteiger charge is -2.04. The predicted octanol–water partition coefficient (Wildman–Crippen LogP) is 2.61. The molecule has 0 radical (unpaired) electrons. The van der Waals surface area contributed by atoms with Crippen LogP contribution >= 0.6 is 11.3 Å². The molecule has 0 aliphatic heterocycles. The second kappa shape index (κ2) is 7.63. The minimum absolute atomic E-state index is 0.128. The SMILES string of the molecule is NC(=NC(=NCc1ccccc1F)c1nccs1)c1cc(N)ccn1. The number of aliphatic imine (C=N–C) groups is 2. The van der Waals surface area contributed by atoms with Crippen LogP contribution in [0.4, 0.5) is 10.1 Å². The van der Waals surface area contributed by atoms with E-state index in [4.69, 9.17) is 11.5 Å². The summed E-state index contributed by atoms with van der Waals surface area (Å²) >= 11 is 1.37. The summed E-state index contributed by atoms with van der Waals surface area (Å²) in [6, 6.07) is 9.73. The third-order valence-electron chi connectivity index (χ3n) is 3.25. The van der Waals surface area contributed by atoms with E-state index in [1.807, 2.05) is 0 Å². The van der Waals surface area contributed by atoms with Crippen LogP contribution in [0, 0.1) is 5.82 Å². The van der Waals surface area contributed by atoms with E-state index >= 15 is 0 Å². The van der Waals surface area contributed by atoms with E-state index in [-0.39, 0.29) is 18.2 Å². The van der Waals surface area contributed by atoms with Crippen LogP contribution in [-0.2, 0) is 6.54 Å². The Kier molecular flexibility index (Phi) is 5.10. The van der Waals surface area contributed by atoms with Gasteiger partial charge in [-0.3, -0.25) is 9.98 Å². The first kappa shape index (κ1) is 16.7. The molecule has 25 heavy (non-hydrogen) atoms. The number of halogens is 1. The molecule has 126 valence electrons. The summed E-state index contributed by atoms with van der Waals surface area (Å²) < 4.78 is 13.8. The van der Waals surface area contributed by atoms with E-state index in [1.165, 1.54) is 17.4 Å². The number of benzene rings is 1. The Bertz CT molecular complexity index is 920. The Balaban J connectivity index is 1.94. The fourth-order valence-electron chi connectivity index (χ4n) is 2.03. The highest BCUT2D eigenvalue weighted by molar-refractivity contribution is 7.11. The minimum atomic E-state index is -0.320. The molecular weight excluding hydrogens is 339 g/mol. The van der Waals surface area contributed by atoms with Gasteiger partial charge in [0.05, 0.1) is 6.54 Å². The molecule has 0 aliphatic rings. The lowest BCUT2D eigenvalue weighted by Crippen LogP contribution is -2.18. The zero-order chi connectivity index (χ0) is 17.6. The van der Waals surface area contributed by atoms with Crippen molar-refractivity contribution in [3.05, 3.63) is 76.3 Å². The molecule has 8 heteroatoms. The fourth-order valence-corrected chi connectivity index (χ4v) is 2.62. The number of rotatable bonds is 4. The predicted molar refractivity (Wildman–Crippen MR) is 98.1 cm³/mol. The van der Waals surface area contributed by atoms with Crippen LogP contribution in [0.15, 0.2) is 64.2 Å². The molecule has 4 N–H and O–H groups in total. The summed E-state index contributed by atoms with van der Waals surface area (Å²) in [6.45, 7) is 0.128. The van der Waals surface area contributed by atoms with Gasteiger partial charge in [0.2, 0.25) is 0 Å². The van der Waals surface area contributed by atoms with Crippen molar-refractivity contribution in [1.82, 2.24) is 9.97 Å². The van der Waals surface area contributed by atoms with Crippen molar-refractivity contribution in [2.24, 2.45) is 15.7 Å². The first-order valence-electron chi connectivity index (χ1n) is 7.37. The van der Waals surface area contributed by atoms with Crippen molar-refractivity contribution in [2.45, 2.75) is 6.54 Å². The summed E-state index contributed by atoms with van der Waals surface area (Å²) in [7, 11) is 0. The topological polar surface area (TPSA) is 103 Å². The average Bonchev–Trinajstić information content (AvgIpc) is 3.14. The second-order valence-electron chi connectivity index (χ2n) is 5.04. The lowest BCUT2D eigenvalue weighted by molar-refractivity contribution is 0.611. The lowest BCUT2D eigenvalue weighted by atomic mass is 10.2. The summed E-state index contributed by atoms with van der Waals surface area (Å²) in [6.07, 6.45) is 3.19. The van der Waals surface area contributed by atoms with Crippen LogP contribution in [0.25, 0.3) is 0 Å². The maximum absolute atomic E-state index is 13.8. The van der Waals surface area contributed by atoms with E-state index in [0.717, 1.165) is 0 Å².